The van der Waals surface area contributed by atoms with Crippen molar-refractivity contribution in [2.75, 3.05) is 31.2 Å². The second kappa shape index (κ2) is 10.7. The minimum atomic E-state index is -0.962. The highest BCUT2D eigenvalue weighted by molar-refractivity contribution is 7.98. The van der Waals surface area contributed by atoms with Crippen LogP contribution < -0.4 is 10.6 Å². The van der Waals surface area contributed by atoms with Gasteiger partial charge in [0.1, 0.15) is 6.04 Å². The van der Waals surface area contributed by atoms with Gasteiger partial charge in [-0.05, 0) is 25.3 Å². The van der Waals surface area contributed by atoms with Gasteiger partial charge in [-0.15, -0.1) is 11.8 Å². The first-order chi connectivity index (χ1) is 11.8. The Kier molecular flexibility index (Phi) is 9.01. The van der Waals surface area contributed by atoms with E-state index in [0.29, 0.717) is 19.6 Å². The van der Waals surface area contributed by atoms with Crippen molar-refractivity contribution in [3.05, 3.63) is 24.3 Å². The second-order valence-corrected chi connectivity index (χ2v) is 6.38. The van der Waals surface area contributed by atoms with E-state index in [0.717, 1.165) is 10.6 Å². The van der Waals surface area contributed by atoms with E-state index >= 15 is 0 Å². The molecule has 0 aliphatic carbocycles. The molecule has 1 aromatic rings. The van der Waals surface area contributed by atoms with Crippen LogP contribution in [0.2, 0.25) is 0 Å². The van der Waals surface area contributed by atoms with Gasteiger partial charge in [0.25, 0.3) is 0 Å². The van der Waals surface area contributed by atoms with E-state index in [1.54, 1.807) is 23.6 Å². The lowest BCUT2D eigenvalue weighted by atomic mass is 10.2. The van der Waals surface area contributed by atoms with Crippen LogP contribution in [0.3, 0.4) is 0 Å². The Morgan fingerprint density at radius 2 is 1.92 bits per heavy atom. The van der Waals surface area contributed by atoms with Gasteiger partial charge in [-0.2, -0.15) is 0 Å². The SMILES string of the molecule is CSc1ccccc1NC(=O)CCN(CCNC(C)=O)C(C)C(=O)O. The number of carbonyl (C=O) groups excluding carboxylic acids is 2. The first-order valence-corrected chi connectivity index (χ1v) is 9.21. The number of rotatable bonds is 10. The molecule has 0 saturated carbocycles. The van der Waals surface area contributed by atoms with Gasteiger partial charge in [-0.25, -0.2) is 0 Å². The molecule has 1 atom stereocenters. The Morgan fingerprint density at radius 3 is 2.52 bits per heavy atom. The summed E-state index contributed by atoms with van der Waals surface area (Å²) in [5, 5.41) is 14.7. The first kappa shape index (κ1) is 21.0. The fraction of sp³-hybridized carbons (Fsp3) is 0.471. The van der Waals surface area contributed by atoms with Gasteiger partial charge >= 0.3 is 5.97 Å². The van der Waals surface area contributed by atoms with Crippen LogP contribution in [0, 0.1) is 0 Å². The van der Waals surface area contributed by atoms with Crippen molar-refractivity contribution in [2.45, 2.75) is 31.2 Å². The highest BCUT2D eigenvalue weighted by atomic mass is 32.2. The number of carbonyl (C=O) groups is 3. The summed E-state index contributed by atoms with van der Waals surface area (Å²) in [6.45, 7) is 3.96. The lowest BCUT2D eigenvalue weighted by Crippen LogP contribution is -2.44. The number of nitrogens with one attached hydrogen (secondary N) is 2. The lowest BCUT2D eigenvalue weighted by Gasteiger charge is -2.26. The van der Waals surface area contributed by atoms with Crippen molar-refractivity contribution in [3.8, 4) is 0 Å². The number of benzene rings is 1. The topological polar surface area (TPSA) is 98.7 Å². The van der Waals surface area contributed by atoms with Gasteiger partial charge in [0.05, 0.1) is 5.69 Å². The molecule has 0 aliphatic rings. The van der Waals surface area contributed by atoms with Crippen LogP contribution in [0.1, 0.15) is 20.3 Å². The minimum absolute atomic E-state index is 0.167. The molecule has 8 heteroatoms. The molecule has 1 aromatic carbocycles. The van der Waals surface area contributed by atoms with Crippen molar-refractivity contribution in [2.24, 2.45) is 0 Å². The summed E-state index contributed by atoms with van der Waals surface area (Å²) in [4.78, 5) is 37.0. The molecule has 138 valence electrons. The number of para-hydroxylation sites is 1. The average molecular weight is 367 g/mol. The molecule has 0 aromatic heterocycles. The van der Waals surface area contributed by atoms with E-state index < -0.39 is 12.0 Å². The number of carboxylic acids is 1. The summed E-state index contributed by atoms with van der Waals surface area (Å²) in [5.41, 5.74) is 0.746. The van der Waals surface area contributed by atoms with Crippen LogP contribution in [0.4, 0.5) is 5.69 Å². The van der Waals surface area contributed by atoms with E-state index in [-0.39, 0.29) is 18.2 Å². The Labute approximate surface area is 152 Å². The fourth-order valence-corrected chi connectivity index (χ4v) is 2.79. The largest absolute Gasteiger partial charge is 0.480 e. The third kappa shape index (κ3) is 7.57. The molecule has 0 fully saturated rings. The zero-order valence-corrected chi connectivity index (χ0v) is 15.6. The van der Waals surface area contributed by atoms with Gasteiger partial charge < -0.3 is 15.7 Å². The van der Waals surface area contributed by atoms with Gasteiger partial charge in [0.2, 0.25) is 11.8 Å². The van der Waals surface area contributed by atoms with Crippen LogP contribution in [-0.2, 0) is 14.4 Å². The van der Waals surface area contributed by atoms with Crippen LogP contribution in [0.25, 0.3) is 0 Å². The molecule has 7 nitrogen and oxygen atoms in total. The number of amides is 2. The molecule has 0 bridgehead atoms. The predicted molar refractivity (Wildman–Crippen MR) is 98.8 cm³/mol. The zero-order chi connectivity index (χ0) is 18.8. The van der Waals surface area contributed by atoms with Crippen LogP contribution in [-0.4, -0.2) is 59.7 Å². The zero-order valence-electron chi connectivity index (χ0n) is 14.7. The third-order valence-electron chi connectivity index (χ3n) is 3.69. The summed E-state index contributed by atoms with van der Waals surface area (Å²) >= 11 is 1.54. The van der Waals surface area contributed by atoms with E-state index in [1.165, 1.54) is 6.92 Å². The van der Waals surface area contributed by atoms with E-state index in [4.69, 9.17) is 0 Å². The summed E-state index contributed by atoms with van der Waals surface area (Å²) in [7, 11) is 0. The molecule has 0 radical (unpaired) electrons. The molecule has 0 heterocycles. The van der Waals surface area contributed by atoms with Crippen molar-refractivity contribution in [1.29, 1.82) is 0 Å². The Balaban J connectivity index is 2.60. The molecule has 25 heavy (non-hydrogen) atoms. The molecule has 0 saturated heterocycles. The standard InChI is InChI=1S/C17H25N3O4S/c1-12(17(23)24)20(11-9-18-13(2)21)10-8-16(22)19-14-6-4-5-7-15(14)25-3/h4-7,12H,8-11H2,1-3H3,(H,18,21)(H,19,22)(H,23,24). The number of thioether (sulfide) groups is 1. The van der Waals surface area contributed by atoms with Gasteiger partial charge in [-0.3, -0.25) is 19.3 Å². The van der Waals surface area contributed by atoms with Crippen LogP contribution in [0.15, 0.2) is 29.2 Å². The number of anilines is 1. The smallest absolute Gasteiger partial charge is 0.320 e. The van der Waals surface area contributed by atoms with Crippen molar-refractivity contribution >= 4 is 35.2 Å². The molecule has 2 amide bonds. The average Bonchev–Trinajstić information content (AvgIpc) is 2.57. The molecule has 0 aliphatic heterocycles. The quantitative estimate of drug-likeness (QED) is 0.544. The summed E-state index contributed by atoms with van der Waals surface area (Å²) < 4.78 is 0. The maximum absolute atomic E-state index is 12.2. The first-order valence-electron chi connectivity index (χ1n) is 7.99. The lowest BCUT2D eigenvalue weighted by molar-refractivity contribution is -0.142. The molecule has 1 rings (SSSR count). The summed E-state index contributed by atoms with van der Waals surface area (Å²) in [6, 6.07) is 6.77. The predicted octanol–water partition coefficient (Wildman–Crippen LogP) is 1.65. The second-order valence-electron chi connectivity index (χ2n) is 5.53. The molecular weight excluding hydrogens is 342 g/mol. The summed E-state index contributed by atoms with van der Waals surface area (Å²) in [6.07, 6.45) is 2.10. The van der Waals surface area contributed by atoms with Crippen molar-refractivity contribution in [3.63, 3.8) is 0 Å². The third-order valence-corrected chi connectivity index (χ3v) is 4.48. The van der Waals surface area contributed by atoms with Gasteiger partial charge in [0, 0.05) is 37.9 Å². The van der Waals surface area contributed by atoms with Gasteiger partial charge in [0.15, 0.2) is 0 Å². The van der Waals surface area contributed by atoms with Crippen LogP contribution in [0.5, 0.6) is 0 Å². The normalized spacial score (nSPS) is 11.8. The van der Waals surface area contributed by atoms with Crippen LogP contribution >= 0.6 is 11.8 Å². The van der Waals surface area contributed by atoms with Crippen molar-refractivity contribution in [1.82, 2.24) is 10.2 Å². The molecule has 3 N–H and O–H groups in total. The van der Waals surface area contributed by atoms with Crippen molar-refractivity contribution < 1.29 is 19.5 Å². The highest BCUT2D eigenvalue weighted by Gasteiger charge is 2.21. The maximum Gasteiger partial charge on any atom is 0.320 e. The highest BCUT2D eigenvalue weighted by Crippen LogP contribution is 2.24. The molecular formula is C17H25N3O4S. The van der Waals surface area contributed by atoms with E-state index in [2.05, 4.69) is 10.6 Å². The van der Waals surface area contributed by atoms with E-state index in [9.17, 15) is 19.5 Å². The maximum atomic E-state index is 12.2. The van der Waals surface area contributed by atoms with Gasteiger partial charge in [-0.1, -0.05) is 12.1 Å². The van der Waals surface area contributed by atoms with E-state index in [1.807, 2.05) is 30.5 Å². The Bertz CT molecular complexity index is 609. The summed E-state index contributed by atoms with van der Waals surface area (Å²) in [5.74, 6) is -1.31. The monoisotopic (exact) mass is 367 g/mol. The number of carboxylic acid groups (broad SMARTS) is 1. The number of nitrogens with zero attached hydrogens (tertiary/aromatic N) is 1. The number of hydrogen-bond donors (Lipinski definition) is 3. The molecule has 1 unspecified atom stereocenters. The number of aliphatic carboxylic acids is 1. The number of hydrogen-bond acceptors (Lipinski definition) is 5. The fourth-order valence-electron chi connectivity index (χ4n) is 2.24. The minimum Gasteiger partial charge on any atom is -0.480 e. The molecule has 0 spiro atoms. The Morgan fingerprint density at radius 1 is 1.24 bits per heavy atom. The Hall–Kier alpha value is -2.06.